The summed E-state index contributed by atoms with van der Waals surface area (Å²) in [6.45, 7) is 0.829. The minimum absolute atomic E-state index is 0.0904. The number of aromatic nitrogens is 3. The smallest absolute Gasteiger partial charge is 0.338 e. The van der Waals surface area contributed by atoms with E-state index in [0.29, 0.717) is 43.0 Å². The molecule has 2 aliphatic rings. The lowest BCUT2D eigenvalue weighted by atomic mass is 9.95. The van der Waals surface area contributed by atoms with Gasteiger partial charge in [0.15, 0.2) is 0 Å². The maximum atomic E-state index is 13.4. The highest BCUT2D eigenvalue weighted by Gasteiger charge is 2.36. The molecule has 1 aliphatic heterocycles. The number of hydrogen-bond donors (Lipinski definition) is 1. The summed E-state index contributed by atoms with van der Waals surface area (Å²) in [6, 6.07) is 10.3. The van der Waals surface area contributed by atoms with Crippen molar-refractivity contribution >= 4 is 17.6 Å². The first-order chi connectivity index (χ1) is 16.8. The van der Waals surface area contributed by atoms with Crippen LogP contribution in [-0.4, -0.2) is 44.6 Å². The number of anilines is 1. The molecule has 0 unspecified atom stereocenters. The van der Waals surface area contributed by atoms with Crippen molar-refractivity contribution in [1.82, 2.24) is 19.7 Å². The minimum atomic E-state index is -4.46. The highest BCUT2D eigenvalue weighted by molar-refractivity contribution is 5.96. The highest BCUT2D eigenvalue weighted by Crippen LogP contribution is 2.43. The number of likely N-dealkylation sites (tertiary alicyclic amines) is 1. The fourth-order valence-electron chi connectivity index (χ4n) is 4.47. The first-order valence-corrected chi connectivity index (χ1v) is 11.6. The molecule has 1 N–H and O–H groups in total. The first kappa shape index (κ1) is 23.1. The molecule has 5 rings (SSSR count). The summed E-state index contributed by atoms with van der Waals surface area (Å²) in [5.41, 5.74) is 0.600. The number of benzene rings is 1. The molecule has 0 bridgehead atoms. The molecule has 3 heterocycles. The van der Waals surface area contributed by atoms with Crippen LogP contribution in [0.1, 0.15) is 53.2 Å². The largest absolute Gasteiger partial charge is 0.416 e. The second kappa shape index (κ2) is 9.16. The molecular formula is C25H24F3N5O2. The van der Waals surface area contributed by atoms with Crippen LogP contribution < -0.4 is 5.32 Å². The van der Waals surface area contributed by atoms with Crippen molar-refractivity contribution in [2.24, 2.45) is 5.92 Å². The molecule has 0 spiro atoms. The van der Waals surface area contributed by atoms with E-state index in [2.05, 4.69) is 15.4 Å². The van der Waals surface area contributed by atoms with Crippen molar-refractivity contribution in [3.05, 3.63) is 71.7 Å². The number of carbonyl (C=O) groups is 2. The summed E-state index contributed by atoms with van der Waals surface area (Å²) < 4.78 is 41.1. The van der Waals surface area contributed by atoms with Gasteiger partial charge in [-0.15, -0.1) is 0 Å². The van der Waals surface area contributed by atoms with Crippen LogP contribution in [0.15, 0.2) is 54.9 Å². The Morgan fingerprint density at radius 1 is 1.00 bits per heavy atom. The van der Waals surface area contributed by atoms with E-state index in [-0.39, 0.29) is 29.3 Å². The molecule has 1 aromatic carbocycles. The zero-order valence-electron chi connectivity index (χ0n) is 18.8. The summed E-state index contributed by atoms with van der Waals surface area (Å²) >= 11 is 0. The molecule has 182 valence electrons. The summed E-state index contributed by atoms with van der Waals surface area (Å²) in [5, 5.41) is 7.12. The quantitative estimate of drug-likeness (QED) is 0.573. The van der Waals surface area contributed by atoms with Gasteiger partial charge in [0.2, 0.25) is 5.91 Å². The molecule has 7 nitrogen and oxygen atoms in total. The summed E-state index contributed by atoms with van der Waals surface area (Å²) in [5.74, 6) is 0.0390. The third-order valence-corrected chi connectivity index (χ3v) is 6.49. The molecule has 35 heavy (non-hydrogen) atoms. The SMILES string of the molecule is O=C(Nc1ccccn1)C1CCN(C(=O)c2cnn(-c3cccc(C(F)(F)F)c3)c2C2CC2)CC1. The number of hydrogen-bond acceptors (Lipinski definition) is 4. The maximum Gasteiger partial charge on any atom is 0.416 e. The second-order valence-corrected chi connectivity index (χ2v) is 8.95. The molecule has 1 saturated heterocycles. The van der Waals surface area contributed by atoms with Crippen LogP contribution in [-0.2, 0) is 11.0 Å². The summed E-state index contributed by atoms with van der Waals surface area (Å²) in [4.78, 5) is 31.8. The lowest BCUT2D eigenvalue weighted by Crippen LogP contribution is -2.41. The van der Waals surface area contributed by atoms with Crippen LogP contribution in [0.4, 0.5) is 19.0 Å². The van der Waals surface area contributed by atoms with Gasteiger partial charge in [-0.3, -0.25) is 9.59 Å². The van der Waals surface area contributed by atoms with Crippen molar-refractivity contribution in [3.63, 3.8) is 0 Å². The van der Waals surface area contributed by atoms with Crippen LogP contribution in [0.5, 0.6) is 0 Å². The van der Waals surface area contributed by atoms with Gasteiger partial charge in [-0.2, -0.15) is 18.3 Å². The number of amides is 2. The Kier molecular flexibility index (Phi) is 6.04. The van der Waals surface area contributed by atoms with E-state index >= 15 is 0 Å². The Bertz CT molecular complexity index is 1230. The van der Waals surface area contributed by atoms with Crippen molar-refractivity contribution in [2.75, 3.05) is 18.4 Å². The van der Waals surface area contributed by atoms with Crippen molar-refractivity contribution in [1.29, 1.82) is 0 Å². The second-order valence-electron chi connectivity index (χ2n) is 8.95. The lowest BCUT2D eigenvalue weighted by Gasteiger charge is -2.31. The zero-order valence-corrected chi connectivity index (χ0v) is 18.8. The Morgan fingerprint density at radius 3 is 2.43 bits per heavy atom. The van der Waals surface area contributed by atoms with Crippen LogP contribution in [0.2, 0.25) is 0 Å². The summed E-state index contributed by atoms with van der Waals surface area (Å²) in [7, 11) is 0. The highest BCUT2D eigenvalue weighted by atomic mass is 19.4. The van der Waals surface area contributed by atoms with Crippen LogP contribution in [0.25, 0.3) is 5.69 Å². The zero-order chi connectivity index (χ0) is 24.6. The van der Waals surface area contributed by atoms with Crippen LogP contribution in [0.3, 0.4) is 0 Å². The third-order valence-electron chi connectivity index (χ3n) is 6.49. The van der Waals surface area contributed by atoms with Gasteiger partial charge in [0.25, 0.3) is 5.91 Å². The van der Waals surface area contributed by atoms with E-state index in [9.17, 15) is 22.8 Å². The van der Waals surface area contributed by atoms with E-state index < -0.39 is 11.7 Å². The van der Waals surface area contributed by atoms with E-state index in [1.54, 1.807) is 35.4 Å². The molecular weight excluding hydrogens is 459 g/mol. The average Bonchev–Trinajstić information content (AvgIpc) is 3.61. The number of carbonyl (C=O) groups excluding carboxylic acids is 2. The molecule has 2 amide bonds. The molecule has 2 fully saturated rings. The summed E-state index contributed by atoms with van der Waals surface area (Å²) in [6.07, 6.45) is 1.36. The molecule has 10 heteroatoms. The molecule has 0 radical (unpaired) electrons. The van der Waals surface area contributed by atoms with Crippen LogP contribution in [0, 0.1) is 5.92 Å². The van der Waals surface area contributed by atoms with Crippen molar-refractivity contribution < 1.29 is 22.8 Å². The monoisotopic (exact) mass is 483 g/mol. The molecule has 0 atom stereocenters. The van der Waals surface area contributed by atoms with E-state index in [0.717, 1.165) is 25.0 Å². The Hall–Kier alpha value is -3.69. The first-order valence-electron chi connectivity index (χ1n) is 11.6. The van der Waals surface area contributed by atoms with E-state index in [1.165, 1.54) is 16.9 Å². The number of halogens is 3. The van der Waals surface area contributed by atoms with E-state index in [4.69, 9.17) is 0 Å². The number of alkyl halides is 3. The lowest BCUT2D eigenvalue weighted by molar-refractivity contribution is -0.137. The van der Waals surface area contributed by atoms with Gasteiger partial charge in [-0.1, -0.05) is 12.1 Å². The topological polar surface area (TPSA) is 80.1 Å². The van der Waals surface area contributed by atoms with Crippen molar-refractivity contribution in [2.45, 2.75) is 37.8 Å². The number of piperidine rings is 1. The third kappa shape index (κ3) is 4.91. The number of pyridine rings is 1. The Morgan fingerprint density at radius 2 is 1.77 bits per heavy atom. The molecule has 2 aromatic heterocycles. The molecule has 3 aromatic rings. The molecule has 1 aliphatic carbocycles. The Balaban J connectivity index is 1.30. The number of nitrogens with zero attached hydrogens (tertiary/aromatic N) is 4. The predicted molar refractivity (Wildman–Crippen MR) is 122 cm³/mol. The average molecular weight is 483 g/mol. The van der Waals surface area contributed by atoms with Gasteiger partial charge in [0, 0.05) is 31.1 Å². The van der Waals surface area contributed by atoms with Gasteiger partial charge in [-0.25, -0.2) is 9.67 Å². The van der Waals surface area contributed by atoms with Gasteiger partial charge in [-0.05, 0) is 56.0 Å². The Labute approximate surface area is 200 Å². The fourth-order valence-corrected chi connectivity index (χ4v) is 4.47. The van der Waals surface area contributed by atoms with Gasteiger partial charge in [0.05, 0.1) is 28.7 Å². The maximum absolute atomic E-state index is 13.4. The van der Waals surface area contributed by atoms with Gasteiger partial charge >= 0.3 is 6.18 Å². The van der Waals surface area contributed by atoms with Gasteiger partial charge in [0.1, 0.15) is 5.82 Å². The normalized spacial score (nSPS) is 16.8. The van der Waals surface area contributed by atoms with Crippen molar-refractivity contribution in [3.8, 4) is 5.69 Å². The number of rotatable bonds is 5. The molecule has 1 saturated carbocycles. The van der Waals surface area contributed by atoms with Crippen LogP contribution >= 0.6 is 0 Å². The standard InChI is InChI=1S/C25H24F3N5O2/c26-25(27,28)18-4-3-5-19(14-18)33-22(16-7-8-16)20(15-30-33)24(35)32-12-9-17(10-13-32)23(34)31-21-6-1-2-11-29-21/h1-6,11,14-17H,7-10,12-13H2,(H,29,31,34). The predicted octanol–water partition coefficient (Wildman–Crippen LogP) is 4.65. The minimum Gasteiger partial charge on any atom is -0.338 e. The van der Waals surface area contributed by atoms with Gasteiger partial charge < -0.3 is 10.2 Å². The number of nitrogens with one attached hydrogen (secondary N) is 1. The van der Waals surface area contributed by atoms with E-state index in [1.807, 2.05) is 0 Å². The fraction of sp³-hybridized carbons (Fsp3) is 0.360.